The van der Waals surface area contributed by atoms with Crippen molar-refractivity contribution in [2.24, 2.45) is 0 Å². The van der Waals surface area contributed by atoms with Crippen molar-refractivity contribution in [1.82, 2.24) is 14.9 Å². The van der Waals surface area contributed by atoms with Crippen LogP contribution in [0.5, 0.6) is 5.75 Å². The minimum atomic E-state index is -0.132. The molecular weight excluding hydrogens is 485 g/mol. The number of benzene rings is 1. The van der Waals surface area contributed by atoms with Gasteiger partial charge in [0.15, 0.2) is 0 Å². The highest BCUT2D eigenvalue weighted by Crippen LogP contribution is 2.29. The highest BCUT2D eigenvalue weighted by molar-refractivity contribution is 7.09. The number of ether oxygens (including phenoxy) is 3. The summed E-state index contributed by atoms with van der Waals surface area (Å²) in [6.07, 6.45) is 0.819. The molecule has 10 heteroatoms. The Labute approximate surface area is 207 Å². The van der Waals surface area contributed by atoms with E-state index < -0.39 is 0 Å². The Balaban J connectivity index is 1.80. The maximum atomic E-state index is 12.7. The Morgan fingerprint density at radius 1 is 1.12 bits per heavy atom. The zero-order chi connectivity index (χ0) is 23.8. The smallest absolute Gasteiger partial charge is 0.253 e. The van der Waals surface area contributed by atoms with Crippen molar-refractivity contribution in [3.05, 3.63) is 56.0 Å². The summed E-state index contributed by atoms with van der Waals surface area (Å²) in [6.45, 7) is 4.48. The van der Waals surface area contributed by atoms with Crippen LogP contribution >= 0.6 is 34.5 Å². The molecule has 33 heavy (non-hydrogen) atoms. The second-order valence-electron chi connectivity index (χ2n) is 7.30. The highest BCUT2D eigenvalue weighted by Gasteiger charge is 2.20. The molecule has 0 fully saturated rings. The Hall–Kier alpha value is -2.10. The highest BCUT2D eigenvalue weighted by atomic mass is 35.5. The van der Waals surface area contributed by atoms with Gasteiger partial charge >= 0.3 is 0 Å². The monoisotopic (exact) mass is 511 g/mol. The molecule has 0 radical (unpaired) electrons. The molecule has 1 amide bonds. The first-order valence-electron chi connectivity index (χ1n) is 10.4. The number of nitrogens with one attached hydrogen (secondary N) is 1. The zero-order valence-corrected chi connectivity index (χ0v) is 21.1. The molecule has 0 aliphatic heterocycles. The van der Waals surface area contributed by atoms with Crippen LogP contribution in [0.25, 0.3) is 11.4 Å². The molecule has 7 nitrogen and oxygen atoms in total. The Kier molecular flexibility index (Phi) is 9.58. The van der Waals surface area contributed by atoms with Crippen LogP contribution in [-0.2, 0) is 22.6 Å². The van der Waals surface area contributed by atoms with E-state index in [0.717, 1.165) is 28.5 Å². The van der Waals surface area contributed by atoms with Gasteiger partial charge in [0, 0.05) is 55.0 Å². The van der Waals surface area contributed by atoms with Crippen molar-refractivity contribution >= 4 is 40.4 Å². The van der Waals surface area contributed by atoms with Gasteiger partial charge in [-0.05, 0) is 37.6 Å². The zero-order valence-electron chi connectivity index (χ0n) is 18.8. The first kappa shape index (κ1) is 25.5. The van der Waals surface area contributed by atoms with E-state index in [1.54, 1.807) is 32.4 Å². The number of halogens is 2. The van der Waals surface area contributed by atoms with Gasteiger partial charge in [-0.3, -0.25) is 4.79 Å². The predicted octanol–water partition coefficient (Wildman–Crippen LogP) is 5.22. The Morgan fingerprint density at radius 2 is 1.85 bits per heavy atom. The summed E-state index contributed by atoms with van der Waals surface area (Å²) in [5.41, 5.74) is 3.18. The van der Waals surface area contributed by atoms with E-state index >= 15 is 0 Å². The fourth-order valence-electron chi connectivity index (χ4n) is 3.36. The number of rotatable bonds is 12. The lowest BCUT2D eigenvalue weighted by atomic mass is 10.2. The van der Waals surface area contributed by atoms with E-state index in [0.29, 0.717) is 47.7 Å². The van der Waals surface area contributed by atoms with Crippen LogP contribution in [0.3, 0.4) is 0 Å². The van der Waals surface area contributed by atoms with E-state index in [-0.39, 0.29) is 12.5 Å². The lowest BCUT2D eigenvalue weighted by Crippen LogP contribution is -2.27. The van der Waals surface area contributed by atoms with E-state index in [2.05, 4.69) is 9.88 Å². The molecule has 0 spiro atoms. The predicted molar refractivity (Wildman–Crippen MR) is 132 cm³/mol. The molecular formula is C23H27Cl2N3O4S. The van der Waals surface area contributed by atoms with Gasteiger partial charge in [0.1, 0.15) is 17.4 Å². The van der Waals surface area contributed by atoms with Crippen LogP contribution in [0.1, 0.15) is 27.5 Å². The molecule has 2 heterocycles. The third-order valence-electron chi connectivity index (χ3n) is 4.95. The maximum Gasteiger partial charge on any atom is 0.253 e. The van der Waals surface area contributed by atoms with Gasteiger partial charge in [-0.25, -0.2) is 4.98 Å². The van der Waals surface area contributed by atoms with Gasteiger partial charge in [-0.1, -0.05) is 23.2 Å². The van der Waals surface area contributed by atoms with Gasteiger partial charge in [-0.15, -0.1) is 11.3 Å². The number of aromatic nitrogens is 2. The number of hydrogen-bond donors (Lipinski definition) is 1. The third-order valence-corrected chi connectivity index (χ3v) is 6.20. The SMILES string of the molecule is COCCCn1c(-c2csc(COc3cc(Cl)cc(Cl)c3)n2)cc(C(=O)NCCOC)c1C. The number of methoxy groups -OCH3 is 2. The summed E-state index contributed by atoms with van der Waals surface area (Å²) >= 11 is 13.6. The van der Waals surface area contributed by atoms with Gasteiger partial charge in [0.05, 0.1) is 23.6 Å². The van der Waals surface area contributed by atoms with Crippen molar-refractivity contribution in [3.8, 4) is 17.1 Å². The number of thiazole rings is 1. The quantitative estimate of drug-likeness (QED) is 0.337. The maximum absolute atomic E-state index is 12.7. The standard InChI is InChI=1S/C23H27Cl2N3O4S/c1-15-19(23(29)26-5-8-31-3)12-21(28(15)6-4-7-30-2)20-14-33-22(27-20)13-32-18-10-16(24)9-17(25)11-18/h9-12,14H,4-8,13H2,1-3H3,(H,26,29). The lowest BCUT2D eigenvalue weighted by Gasteiger charge is -2.11. The topological polar surface area (TPSA) is 74.6 Å². The molecule has 1 aromatic carbocycles. The van der Waals surface area contributed by atoms with Crippen LogP contribution in [0.4, 0.5) is 0 Å². The van der Waals surface area contributed by atoms with E-state index in [1.807, 2.05) is 18.4 Å². The van der Waals surface area contributed by atoms with E-state index in [4.69, 9.17) is 42.4 Å². The largest absolute Gasteiger partial charge is 0.486 e. The Morgan fingerprint density at radius 3 is 2.55 bits per heavy atom. The summed E-state index contributed by atoms with van der Waals surface area (Å²) in [4.78, 5) is 17.5. The van der Waals surface area contributed by atoms with Crippen molar-refractivity contribution in [2.75, 3.05) is 34.0 Å². The minimum absolute atomic E-state index is 0.132. The van der Waals surface area contributed by atoms with Gasteiger partial charge in [0.25, 0.3) is 5.91 Å². The van der Waals surface area contributed by atoms with Crippen LogP contribution in [0.15, 0.2) is 29.6 Å². The van der Waals surface area contributed by atoms with Gasteiger partial charge in [-0.2, -0.15) is 0 Å². The third kappa shape index (κ3) is 6.94. The van der Waals surface area contributed by atoms with Crippen LogP contribution in [0.2, 0.25) is 10.0 Å². The molecule has 3 rings (SSSR count). The number of carbonyl (C=O) groups excluding carboxylic acids is 1. The lowest BCUT2D eigenvalue weighted by molar-refractivity contribution is 0.0936. The summed E-state index contributed by atoms with van der Waals surface area (Å²) in [5, 5.41) is 6.69. The molecule has 0 atom stereocenters. The van der Waals surface area contributed by atoms with Crippen LogP contribution in [-0.4, -0.2) is 49.4 Å². The van der Waals surface area contributed by atoms with Crippen molar-refractivity contribution < 1.29 is 19.0 Å². The van der Waals surface area contributed by atoms with Gasteiger partial charge < -0.3 is 24.1 Å². The summed E-state index contributed by atoms with van der Waals surface area (Å²) in [5.74, 6) is 0.450. The summed E-state index contributed by atoms with van der Waals surface area (Å²) < 4.78 is 18.2. The average molecular weight is 512 g/mol. The van der Waals surface area contributed by atoms with Gasteiger partial charge in [0.2, 0.25) is 0 Å². The second-order valence-corrected chi connectivity index (χ2v) is 9.11. The van der Waals surface area contributed by atoms with Crippen LogP contribution in [0, 0.1) is 6.92 Å². The van der Waals surface area contributed by atoms with E-state index in [9.17, 15) is 4.79 Å². The first-order chi connectivity index (χ1) is 15.9. The molecule has 3 aromatic rings. The second kappa shape index (κ2) is 12.4. The Bertz CT molecular complexity index is 1060. The summed E-state index contributed by atoms with van der Waals surface area (Å²) in [7, 11) is 3.28. The number of hydrogen-bond acceptors (Lipinski definition) is 6. The van der Waals surface area contributed by atoms with Crippen molar-refractivity contribution in [2.45, 2.75) is 26.5 Å². The number of carbonyl (C=O) groups is 1. The fraction of sp³-hybridized carbons (Fsp3) is 0.391. The average Bonchev–Trinajstić information content (AvgIpc) is 3.37. The van der Waals surface area contributed by atoms with Crippen LogP contribution < -0.4 is 10.1 Å². The van der Waals surface area contributed by atoms with Crippen molar-refractivity contribution in [1.29, 1.82) is 0 Å². The van der Waals surface area contributed by atoms with E-state index in [1.165, 1.54) is 11.3 Å². The molecule has 0 unspecified atom stereocenters. The number of amides is 1. The molecule has 2 aromatic heterocycles. The summed E-state index contributed by atoms with van der Waals surface area (Å²) in [6, 6.07) is 6.96. The molecule has 178 valence electrons. The molecule has 0 bridgehead atoms. The fourth-order valence-corrected chi connectivity index (χ4v) is 4.56. The molecule has 0 aliphatic rings. The van der Waals surface area contributed by atoms with Crippen molar-refractivity contribution in [3.63, 3.8) is 0 Å². The molecule has 0 saturated carbocycles. The minimum Gasteiger partial charge on any atom is -0.486 e. The number of nitrogens with zero attached hydrogens (tertiary/aromatic N) is 2. The molecule has 0 saturated heterocycles. The normalized spacial score (nSPS) is 11.1. The first-order valence-corrected chi connectivity index (χ1v) is 12.1. The molecule has 1 N–H and O–H groups in total. The molecule has 0 aliphatic carbocycles.